The minimum absolute atomic E-state index is 0.00260. The Morgan fingerprint density at radius 3 is 2.67 bits per heavy atom. The highest BCUT2D eigenvalue weighted by atomic mass is 35.5. The molecule has 0 radical (unpaired) electrons. The van der Waals surface area contributed by atoms with Gasteiger partial charge in [0, 0.05) is 18.5 Å². The molecule has 0 atom stereocenters. The van der Waals surface area contributed by atoms with Gasteiger partial charge in [-0.1, -0.05) is 28.9 Å². The van der Waals surface area contributed by atoms with Crippen LogP contribution in [0.25, 0.3) is 0 Å². The van der Waals surface area contributed by atoms with Crippen LogP contribution in [0.4, 0.5) is 5.69 Å². The first kappa shape index (κ1) is 20.3. The van der Waals surface area contributed by atoms with Crippen molar-refractivity contribution in [3.8, 4) is 5.75 Å². The van der Waals surface area contributed by atoms with Gasteiger partial charge >= 0.3 is 0 Å². The monoisotopic (exact) mass is 448 g/mol. The van der Waals surface area contributed by atoms with Gasteiger partial charge in [-0.15, -0.1) is 0 Å². The number of amides is 1. The van der Waals surface area contributed by atoms with E-state index in [0.29, 0.717) is 28.2 Å². The number of ether oxygens (including phenoxy) is 1. The van der Waals surface area contributed by atoms with Crippen LogP contribution in [0.5, 0.6) is 5.75 Å². The van der Waals surface area contributed by atoms with Crippen LogP contribution in [-0.4, -0.2) is 31.1 Å². The highest BCUT2D eigenvalue weighted by Gasteiger charge is 2.29. The van der Waals surface area contributed by atoms with E-state index in [4.69, 9.17) is 20.9 Å². The van der Waals surface area contributed by atoms with Crippen LogP contribution in [-0.2, 0) is 27.9 Å². The molecule has 156 valence electrons. The van der Waals surface area contributed by atoms with Crippen LogP contribution in [0.2, 0.25) is 5.02 Å². The molecule has 2 aromatic carbocycles. The van der Waals surface area contributed by atoms with Crippen molar-refractivity contribution >= 4 is 33.2 Å². The van der Waals surface area contributed by atoms with Gasteiger partial charge in [0.2, 0.25) is 15.9 Å². The molecule has 0 bridgehead atoms. The van der Waals surface area contributed by atoms with Gasteiger partial charge in [0.05, 0.1) is 17.1 Å². The van der Waals surface area contributed by atoms with Gasteiger partial charge in [-0.2, -0.15) is 4.98 Å². The largest absolute Gasteiger partial charge is 0.482 e. The van der Waals surface area contributed by atoms with Crippen molar-refractivity contribution in [2.75, 3.05) is 11.5 Å². The molecule has 30 heavy (non-hydrogen) atoms. The Labute approximate surface area is 177 Å². The van der Waals surface area contributed by atoms with Gasteiger partial charge in [-0.05, 0) is 35.9 Å². The fourth-order valence-corrected chi connectivity index (χ4v) is 4.10. The van der Waals surface area contributed by atoms with Crippen molar-refractivity contribution in [1.29, 1.82) is 0 Å². The van der Waals surface area contributed by atoms with Crippen molar-refractivity contribution in [2.24, 2.45) is 0 Å². The Morgan fingerprint density at radius 2 is 1.97 bits per heavy atom. The first-order chi connectivity index (χ1) is 14.3. The maximum atomic E-state index is 12.8. The average molecular weight is 449 g/mol. The second-order valence-electron chi connectivity index (χ2n) is 6.58. The summed E-state index contributed by atoms with van der Waals surface area (Å²) in [6, 6.07) is 11.2. The molecule has 0 aliphatic carbocycles. The maximum Gasteiger partial charge on any atom is 0.265 e. The molecule has 2 heterocycles. The lowest BCUT2D eigenvalue weighted by atomic mass is 10.2. The number of rotatable bonds is 6. The molecule has 0 unspecified atom stereocenters. The lowest BCUT2D eigenvalue weighted by Crippen LogP contribution is -2.38. The number of nitrogens with one attached hydrogen (secondary N) is 1. The number of carbonyl (C=O) groups is 1. The molecule has 0 saturated heterocycles. The van der Waals surface area contributed by atoms with E-state index in [9.17, 15) is 13.2 Å². The van der Waals surface area contributed by atoms with Gasteiger partial charge in [0.15, 0.2) is 12.4 Å². The molecular formula is C19H17ClN4O5S. The zero-order valence-corrected chi connectivity index (χ0v) is 17.4. The van der Waals surface area contributed by atoms with Crippen molar-refractivity contribution in [2.45, 2.75) is 24.9 Å². The molecule has 1 aliphatic rings. The van der Waals surface area contributed by atoms with Crippen LogP contribution < -0.4 is 14.4 Å². The number of aryl methyl sites for hydroxylation is 1. The van der Waals surface area contributed by atoms with Gasteiger partial charge in [0.1, 0.15) is 5.75 Å². The van der Waals surface area contributed by atoms with Gasteiger partial charge < -0.3 is 9.26 Å². The number of fused-ring (bicyclic) bond motifs is 1. The SMILES string of the molecule is Cc1nc(CN2C(=O)COc3ccc(S(=O)(=O)NCc4ccc(Cl)cc4)cc32)no1. The summed E-state index contributed by atoms with van der Waals surface area (Å²) < 4.78 is 38.5. The minimum atomic E-state index is -3.84. The number of sulfonamides is 1. The van der Waals surface area contributed by atoms with E-state index in [1.165, 1.54) is 23.1 Å². The smallest absolute Gasteiger partial charge is 0.265 e. The Kier molecular flexibility index (Phi) is 5.46. The first-order valence-electron chi connectivity index (χ1n) is 8.92. The Hall–Kier alpha value is -2.95. The molecule has 3 aromatic rings. The molecular weight excluding hydrogens is 432 g/mol. The van der Waals surface area contributed by atoms with Crippen LogP contribution in [0, 0.1) is 6.92 Å². The van der Waals surface area contributed by atoms with Gasteiger partial charge in [0.25, 0.3) is 5.91 Å². The molecule has 9 nitrogen and oxygen atoms in total. The third-order valence-electron chi connectivity index (χ3n) is 4.43. The summed E-state index contributed by atoms with van der Waals surface area (Å²) >= 11 is 5.85. The van der Waals surface area contributed by atoms with E-state index in [1.807, 2.05) is 0 Å². The molecule has 1 amide bonds. The molecule has 11 heteroatoms. The predicted molar refractivity (Wildman–Crippen MR) is 108 cm³/mol. The summed E-state index contributed by atoms with van der Waals surface area (Å²) in [5.41, 5.74) is 1.08. The fourth-order valence-electron chi connectivity index (χ4n) is 2.93. The highest BCUT2D eigenvalue weighted by Crippen LogP contribution is 2.35. The standard InChI is InChI=1S/C19H17ClN4O5S/c1-12-22-18(23-29-12)10-24-16-8-15(6-7-17(16)28-11-19(24)25)30(26,27)21-9-13-2-4-14(20)5-3-13/h2-8,21H,9-11H2,1H3. The van der Waals surface area contributed by atoms with E-state index in [1.54, 1.807) is 31.2 Å². The number of hydrogen-bond donors (Lipinski definition) is 1. The third-order valence-corrected chi connectivity index (χ3v) is 6.08. The Balaban J connectivity index is 1.59. The second kappa shape index (κ2) is 8.05. The molecule has 0 saturated carbocycles. The number of benzene rings is 2. The zero-order chi connectivity index (χ0) is 21.3. The topological polar surface area (TPSA) is 115 Å². The Morgan fingerprint density at radius 1 is 1.20 bits per heavy atom. The number of hydrogen-bond acceptors (Lipinski definition) is 7. The number of anilines is 1. The average Bonchev–Trinajstić information content (AvgIpc) is 3.14. The van der Waals surface area contributed by atoms with Crippen LogP contribution in [0.1, 0.15) is 17.3 Å². The summed E-state index contributed by atoms with van der Waals surface area (Å²) in [7, 11) is -3.84. The quantitative estimate of drug-likeness (QED) is 0.615. The third kappa shape index (κ3) is 4.30. The van der Waals surface area contributed by atoms with Crippen molar-refractivity contribution in [1.82, 2.24) is 14.9 Å². The van der Waals surface area contributed by atoms with E-state index < -0.39 is 10.0 Å². The summed E-state index contributed by atoms with van der Waals surface area (Å²) in [6.45, 7) is 1.61. The lowest BCUT2D eigenvalue weighted by Gasteiger charge is -2.28. The van der Waals surface area contributed by atoms with Gasteiger partial charge in [-0.25, -0.2) is 13.1 Å². The molecule has 0 fully saturated rings. The maximum absolute atomic E-state index is 12.8. The van der Waals surface area contributed by atoms with Crippen LogP contribution in [0.15, 0.2) is 51.9 Å². The minimum Gasteiger partial charge on any atom is -0.482 e. The molecule has 1 aliphatic heterocycles. The Bertz CT molecular complexity index is 1190. The first-order valence-corrected chi connectivity index (χ1v) is 10.8. The fraction of sp³-hybridized carbons (Fsp3) is 0.211. The summed E-state index contributed by atoms with van der Waals surface area (Å²) in [5, 5.41) is 4.36. The van der Waals surface area contributed by atoms with E-state index in [2.05, 4.69) is 14.9 Å². The van der Waals surface area contributed by atoms with E-state index in [-0.39, 0.29) is 30.5 Å². The predicted octanol–water partition coefficient (Wildman–Crippen LogP) is 2.44. The molecule has 4 rings (SSSR count). The van der Waals surface area contributed by atoms with Crippen LogP contribution >= 0.6 is 11.6 Å². The van der Waals surface area contributed by atoms with Crippen molar-refractivity contribution in [3.63, 3.8) is 0 Å². The number of aromatic nitrogens is 2. The summed E-state index contributed by atoms with van der Waals surface area (Å²) in [4.78, 5) is 17.9. The highest BCUT2D eigenvalue weighted by molar-refractivity contribution is 7.89. The lowest BCUT2D eigenvalue weighted by molar-refractivity contribution is -0.121. The van der Waals surface area contributed by atoms with E-state index >= 15 is 0 Å². The summed E-state index contributed by atoms with van der Waals surface area (Å²) in [5.74, 6) is 0.733. The number of carbonyl (C=O) groups excluding carboxylic acids is 1. The number of nitrogens with zero attached hydrogens (tertiary/aromatic N) is 3. The molecule has 1 N–H and O–H groups in total. The number of halogens is 1. The van der Waals surface area contributed by atoms with Crippen molar-refractivity contribution in [3.05, 3.63) is 64.8 Å². The second-order valence-corrected chi connectivity index (χ2v) is 8.78. The molecule has 0 spiro atoms. The van der Waals surface area contributed by atoms with Crippen LogP contribution in [0.3, 0.4) is 0 Å². The van der Waals surface area contributed by atoms with Crippen molar-refractivity contribution < 1.29 is 22.5 Å². The van der Waals surface area contributed by atoms with Gasteiger partial charge in [-0.3, -0.25) is 9.69 Å². The van der Waals surface area contributed by atoms with E-state index in [0.717, 1.165) is 5.56 Å². The summed E-state index contributed by atoms with van der Waals surface area (Å²) in [6.07, 6.45) is 0. The normalized spacial score (nSPS) is 13.8. The zero-order valence-electron chi connectivity index (χ0n) is 15.8. The molecule has 1 aromatic heterocycles.